The van der Waals surface area contributed by atoms with Crippen molar-refractivity contribution in [2.24, 2.45) is 0 Å². The molecule has 9 rings (SSSR count). The molecule has 0 bridgehead atoms. The van der Waals surface area contributed by atoms with Gasteiger partial charge in [-0.3, -0.25) is 4.79 Å². The van der Waals surface area contributed by atoms with Crippen molar-refractivity contribution >= 4 is 38.1 Å². The minimum absolute atomic E-state index is 0.123. The summed E-state index contributed by atoms with van der Waals surface area (Å²) in [6.07, 6.45) is 0. The van der Waals surface area contributed by atoms with Crippen molar-refractivity contribution in [3.63, 3.8) is 0 Å². The summed E-state index contributed by atoms with van der Waals surface area (Å²) in [6, 6.07) is 59.7. The molecule has 1 nitrogen and oxygen atoms in total. The second-order valence-electron chi connectivity index (χ2n) is 12.1. The highest BCUT2D eigenvalue weighted by Gasteiger charge is 2.50. The molecule has 0 saturated heterocycles. The SMILES string of the molecule is O=C1c2cc(-c3ccc4ccccc4c3)cc3cc(-c4ccc5ccccc5c4)cc(c23)C1(c1ccccc1)c1ccccc1. The number of fused-ring (bicyclic) bond motifs is 2. The third-order valence-corrected chi connectivity index (χ3v) is 9.62. The van der Waals surface area contributed by atoms with Crippen molar-refractivity contribution in [2.75, 3.05) is 0 Å². The molecule has 0 unspecified atom stereocenters. The van der Waals surface area contributed by atoms with E-state index in [-0.39, 0.29) is 5.78 Å². The van der Waals surface area contributed by atoms with Crippen LogP contribution < -0.4 is 0 Å². The molecule has 0 aromatic heterocycles. The lowest BCUT2D eigenvalue weighted by Crippen LogP contribution is -2.35. The second-order valence-corrected chi connectivity index (χ2v) is 12.1. The smallest absolute Gasteiger partial charge is 0.182 e. The number of Topliss-reactive ketones (excluding diaryl/α,β-unsaturated/α-hetero) is 1. The topological polar surface area (TPSA) is 17.1 Å². The molecule has 0 amide bonds. The molecule has 1 heteroatoms. The molecule has 8 aromatic carbocycles. The van der Waals surface area contributed by atoms with Crippen molar-refractivity contribution in [3.05, 3.63) is 192 Å². The van der Waals surface area contributed by atoms with Gasteiger partial charge < -0.3 is 0 Å². The Labute approximate surface area is 262 Å². The Hall–Kier alpha value is -5.79. The fourth-order valence-electron chi connectivity index (χ4n) is 7.50. The summed E-state index contributed by atoms with van der Waals surface area (Å²) in [5.74, 6) is 0.123. The molecule has 0 spiro atoms. The quantitative estimate of drug-likeness (QED) is 0.205. The largest absolute Gasteiger partial charge is 0.292 e. The van der Waals surface area contributed by atoms with Crippen LogP contribution in [0.15, 0.2) is 170 Å². The van der Waals surface area contributed by atoms with Gasteiger partial charge in [-0.1, -0.05) is 133 Å². The van der Waals surface area contributed by atoms with Crippen molar-refractivity contribution in [3.8, 4) is 22.3 Å². The van der Waals surface area contributed by atoms with Crippen molar-refractivity contribution in [1.29, 1.82) is 0 Å². The summed E-state index contributed by atoms with van der Waals surface area (Å²) in [4.78, 5) is 15.2. The number of hydrogen-bond acceptors (Lipinski definition) is 1. The Morgan fingerprint density at radius 2 is 0.800 bits per heavy atom. The normalized spacial score (nSPS) is 13.6. The number of carbonyl (C=O) groups is 1. The molecule has 0 radical (unpaired) electrons. The van der Waals surface area contributed by atoms with Crippen LogP contribution >= 0.6 is 0 Å². The molecule has 0 fully saturated rings. The summed E-state index contributed by atoms with van der Waals surface area (Å²) in [5.41, 5.74) is 7.24. The van der Waals surface area contributed by atoms with E-state index in [1.165, 1.54) is 21.5 Å². The van der Waals surface area contributed by atoms with E-state index in [1.807, 2.05) is 36.4 Å². The van der Waals surface area contributed by atoms with Gasteiger partial charge in [-0.2, -0.15) is 0 Å². The van der Waals surface area contributed by atoms with E-state index in [0.29, 0.717) is 0 Å². The summed E-state index contributed by atoms with van der Waals surface area (Å²) < 4.78 is 0. The molecule has 1 aliphatic rings. The van der Waals surface area contributed by atoms with E-state index < -0.39 is 5.41 Å². The van der Waals surface area contributed by atoms with Gasteiger partial charge in [-0.25, -0.2) is 0 Å². The molecule has 0 aliphatic heterocycles. The Balaban J connectivity index is 1.38. The van der Waals surface area contributed by atoms with Crippen molar-refractivity contribution in [1.82, 2.24) is 0 Å². The van der Waals surface area contributed by atoms with Gasteiger partial charge in [-0.15, -0.1) is 0 Å². The van der Waals surface area contributed by atoms with E-state index in [0.717, 1.165) is 55.3 Å². The lowest BCUT2D eigenvalue weighted by molar-refractivity contribution is 0.0945. The molecule has 1 aliphatic carbocycles. The van der Waals surface area contributed by atoms with Crippen molar-refractivity contribution in [2.45, 2.75) is 5.41 Å². The van der Waals surface area contributed by atoms with Crippen LogP contribution in [0.4, 0.5) is 0 Å². The molecule has 0 saturated carbocycles. The lowest BCUT2D eigenvalue weighted by atomic mass is 9.68. The Morgan fingerprint density at radius 1 is 0.356 bits per heavy atom. The average molecular weight is 573 g/mol. The molecule has 0 N–H and O–H groups in total. The molecule has 0 atom stereocenters. The monoisotopic (exact) mass is 572 g/mol. The zero-order chi connectivity index (χ0) is 30.0. The minimum atomic E-state index is -0.960. The number of benzene rings is 8. The number of rotatable bonds is 4. The van der Waals surface area contributed by atoms with E-state index >= 15 is 4.79 Å². The van der Waals surface area contributed by atoms with Gasteiger partial charge in [0.05, 0.1) is 0 Å². The molecular formula is C44H28O. The summed E-state index contributed by atoms with van der Waals surface area (Å²) in [5, 5.41) is 6.93. The van der Waals surface area contributed by atoms with E-state index in [1.54, 1.807) is 0 Å². The summed E-state index contributed by atoms with van der Waals surface area (Å²) in [6.45, 7) is 0. The van der Waals surface area contributed by atoms with Crippen LogP contribution in [0.5, 0.6) is 0 Å². The van der Waals surface area contributed by atoms with Crippen LogP contribution in [-0.4, -0.2) is 5.78 Å². The Bertz CT molecular complexity index is 2390. The van der Waals surface area contributed by atoms with Crippen LogP contribution in [0.1, 0.15) is 27.0 Å². The first-order chi connectivity index (χ1) is 22.2. The van der Waals surface area contributed by atoms with Gasteiger partial charge in [0, 0.05) is 5.56 Å². The number of hydrogen-bond donors (Lipinski definition) is 0. The van der Waals surface area contributed by atoms with Crippen LogP contribution in [-0.2, 0) is 5.41 Å². The predicted molar refractivity (Wildman–Crippen MR) is 187 cm³/mol. The van der Waals surface area contributed by atoms with E-state index in [4.69, 9.17) is 0 Å². The van der Waals surface area contributed by atoms with Crippen molar-refractivity contribution < 1.29 is 4.79 Å². The predicted octanol–water partition coefficient (Wildman–Crippen LogP) is 11.0. The van der Waals surface area contributed by atoms with Crippen LogP contribution in [0.25, 0.3) is 54.6 Å². The highest BCUT2D eigenvalue weighted by molar-refractivity contribution is 6.25. The summed E-state index contributed by atoms with van der Waals surface area (Å²) >= 11 is 0. The van der Waals surface area contributed by atoms with Crippen LogP contribution in [0, 0.1) is 0 Å². The van der Waals surface area contributed by atoms with Gasteiger partial charge in [0.2, 0.25) is 0 Å². The molecule has 45 heavy (non-hydrogen) atoms. The maximum atomic E-state index is 15.2. The highest BCUT2D eigenvalue weighted by atomic mass is 16.1. The zero-order valence-corrected chi connectivity index (χ0v) is 24.6. The maximum Gasteiger partial charge on any atom is 0.182 e. The first-order valence-electron chi connectivity index (χ1n) is 15.5. The summed E-state index contributed by atoms with van der Waals surface area (Å²) in [7, 11) is 0. The van der Waals surface area contributed by atoms with E-state index in [9.17, 15) is 0 Å². The average Bonchev–Trinajstić information content (AvgIpc) is 3.37. The zero-order valence-electron chi connectivity index (χ0n) is 24.6. The fraction of sp³-hybridized carbons (Fsp3) is 0.0227. The number of carbonyl (C=O) groups excluding carboxylic acids is 1. The fourth-order valence-corrected chi connectivity index (χ4v) is 7.50. The standard InChI is InChI=1S/C44H28O/c45-43-40-27-35(33-21-19-29-11-7-9-13-31(29)23-33)25-37-26-36(34-22-20-30-12-8-10-14-32(30)24-34)28-41(42(37)40)44(43,38-15-3-1-4-16-38)39-17-5-2-6-18-39/h1-28H. The molecule has 0 heterocycles. The van der Waals surface area contributed by atoms with Crippen LogP contribution in [0.2, 0.25) is 0 Å². The minimum Gasteiger partial charge on any atom is -0.292 e. The third-order valence-electron chi connectivity index (χ3n) is 9.62. The van der Waals surface area contributed by atoms with Gasteiger partial charge in [0.25, 0.3) is 0 Å². The molecule has 8 aromatic rings. The Morgan fingerprint density at radius 3 is 1.33 bits per heavy atom. The number of ketones is 1. The third kappa shape index (κ3) is 3.84. The van der Waals surface area contributed by atoms with Crippen LogP contribution in [0.3, 0.4) is 0 Å². The first-order valence-corrected chi connectivity index (χ1v) is 15.5. The molecular weight excluding hydrogens is 544 g/mol. The van der Waals surface area contributed by atoms with Gasteiger partial charge >= 0.3 is 0 Å². The molecule has 210 valence electrons. The highest BCUT2D eigenvalue weighted by Crippen LogP contribution is 2.52. The van der Waals surface area contributed by atoms with Gasteiger partial charge in [0.1, 0.15) is 5.41 Å². The van der Waals surface area contributed by atoms with E-state index in [2.05, 4.69) is 133 Å². The second kappa shape index (κ2) is 9.87. The van der Waals surface area contributed by atoms with Gasteiger partial charge in [0.15, 0.2) is 5.78 Å². The Kier molecular flexibility index (Phi) is 5.63. The first kappa shape index (κ1) is 25.7. The maximum absolute atomic E-state index is 15.2. The lowest BCUT2D eigenvalue weighted by Gasteiger charge is -2.31. The van der Waals surface area contributed by atoms with Gasteiger partial charge in [-0.05, 0) is 108 Å².